The summed E-state index contributed by atoms with van der Waals surface area (Å²) in [5, 5.41) is 22.9. The zero-order valence-electron chi connectivity index (χ0n) is 7.75. The largest absolute Gasteiger partial charge is 0.508 e. The molecule has 2 rings (SSSR count). The molecule has 0 atom stereocenters. The summed E-state index contributed by atoms with van der Waals surface area (Å²) in [4.78, 5) is 4.11. The fourth-order valence-corrected chi connectivity index (χ4v) is 1.34. The van der Waals surface area contributed by atoms with Crippen LogP contribution < -0.4 is 5.59 Å². The van der Waals surface area contributed by atoms with Crippen LogP contribution in [0.1, 0.15) is 6.92 Å². The Bertz CT molecular complexity index is 455. The van der Waals surface area contributed by atoms with Crippen LogP contribution >= 0.6 is 0 Å². The molecule has 5 nitrogen and oxygen atoms in total. The van der Waals surface area contributed by atoms with E-state index in [0.717, 1.165) is 5.39 Å². The fraction of sp³-hybridized carbons (Fsp3) is 0.250. The van der Waals surface area contributed by atoms with Crippen molar-refractivity contribution in [3.63, 3.8) is 0 Å². The second-order valence-electron chi connectivity index (χ2n) is 2.98. The summed E-state index contributed by atoms with van der Waals surface area (Å²) in [6.07, 6.45) is 1.71. The number of rotatable bonds is 2. The third-order valence-corrected chi connectivity index (χ3v) is 2.07. The predicted octanol–water partition coefficient (Wildman–Crippen LogP) is -0.869. The zero-order chi connectivity index (χ0) is 10.1. The van der Waals surface area contributed by atoms with E-state index in [4.69, 9.17) is 10.0 Å². The van der Waals surface area contributed by atoms with Crippen molar-refractivity contribution >= 4 is 23.7 Å². The van der Waals surface area contributed by atoms with Crippen molar-refractivity contribution in [3.8, 4) is 0 Å². The SMILES string of the molecule is CCn1ncc2ccc(B(O)O)nc21. The first kappa shape index (κ1) is 9.17. The highest BCUT2D eigenvalue weighted by atomic mass is 16.4. The lowest BCUT2D eigenvalue weighted by molar-refractivity contribution is 0.424. The summed E-state index contributed by atoms with van der Waals surface area (Å²) >= 11 is 0. The molecular weight excluding hydrogens is 181 g/mol. The minimum absolute atomic E-state index is 0.243. The first-order valence-electron chi connectivity index (χ1n) is 4.41. The van der Waals surface area contributed by atoms with Crippen molar-refractivity contribution in [2.75, 3.05) is 0 Å². The van der Waals surface area contributed by atoms with Gasteiger partial charge in [-0.1, -0.05) is 0 Å². The molecule has 0 aliphatic heterocycles. The van der Waals surface area contributed by atoms with Crippen LogP contribution in [0.2, 0.25) is 0 Å². The smallest absolute Gasteiger partial charge is 0.422 e. The van der Waals surface area contributed by atoms with E-state index < -0.39 is 7.12 Å². The molecule has 14 heavy (non-hydrogen) atoms. The topological polar surface area (TPSA) is 71.2 Å². The number of aryl methyl sites for hydroxylation is 1. The third-order valence-electron chi connectivity index (χ3n) is 2.07. The van der Waals surface area contributed by atoms with Crippen LogP contribution in [0.5, 0.6) is 0 Å². The van der Waals surface area contributed by atoms with Crippen LogP contribution in [-0.2, 0) is 6.54 Å². The van der Waals surface area contributed by atoms with Gasteiger partial charge in [0.25, 0.3) is 0 Å². The van der Waals surface area contributed by atoms with Gasteiger partial charge >= 0.3 is 7.12 Å². The number of fused-ring (bicyclic) bond motifs is 1. The van der Waals surface area contributed by atoms with Gasteiger partial charge in [0.15, 0.2) is 5.65 Å². The minimum atomic E-state index is -1.53. The Morgan fingerprint density at radius 1 is 1.43 bits per heavy atom. The molecule has 0 radical (unpaired) electrons. The van der Waals surface area contributed by atoms with Gasteiger partial charge in [-0.05, 0) is 19.1 Å². The highest BCUT2D eigenvalue weighted by molar-refractivity contribution is 6.57. The van der Waals surface area contributed by atoms with Crippen molar-refractivity contribution < 1.29 is 10.0 Å². The van der Waals surface area contributed by atoms with Gasteiger partial charge in [0.2, 0.25) is 0 Å². The van der Waals surface area contributed by atoms with Gasteiger partial charge < -0.3 is 10.0 Å². The van der Waals surface area contributed by atoms with E-state index in [1.54, 1.807) is 23.0 Å². The van der Waals surface area contributed by atoms with E-state index in [0.29, 0.717) is 12.2 Å². The summed E-state index contributed by atoms with van der Waals surface area (Å²) < 4.78 is 1.71. The van der Waals surface area contributed by atoms with E-state index in [-0.39, 0.29) is 5.59 Å². The number of nitrogens with zero attached hydrogens (tertiary/aromatic N) is 3. The van der Waals surface area contributed by atoms with Crippen LogP contribution in [0.3, 0.4) is 0 Å². The van der Waals surface area contributed by atoms with E-state index in [9.17, 15) is 0 Å². The van der Waals surface area contributed by atoms with Gasteiger partial charge in [-0.15, -0.1) is 0 Å². The minimum Gasteiger partial charge on any atom is -0.422 e. The van der Waals surface area contributed by atoms with Crippen molar-refractivity contribution in [2.45, 2.75) is 13.5 Å². The molecule has 0 unspecified atom stereocenters. The average Bonchev–Trinajstić information content (AvgIpc) is 2.59. The van der Waals surface area contributed by atoms with Crippen molar-refractivity contribution in [3.05, 3.63) is 18.3 Å². The highest BCUT2D eigenvalue weighted by Gasteiger charge is 2.14. The fourth-order valence-electron chi connectivity index (χ4n) is 1.34. The van der Waals surface area contributed by atoms with Crippen LogP contribution in [0.25, 0.3) is 11.0 Å². The van der Waals surface area contributed by atoms with E-state index in [1.165, 1.54) is 0 Å². The number of aromatic nitrogens is 3. The Labute approximate surface area is 81.2 Å². The number of pyridine rings is 1. The van der Waals surface area contributed by atoms with Crippen LogP contribution in [0.15, 0.2) is 18.3 Å². The maximum absolute atomic E-state index is 8.95. The van der Waals surface area contributed by atoms with E-state index >= 15 is 0 Å². The molecule has 0 fully saturated rings. The van der Waals surface area contributed by atoms with E-state index in [2.05, 4.69) is 10.1 Å². The van der Waals surface area contributed by atoms with Crippen LogP contribution in [0.4, 0.5) is 0 Å². The molecule has 0 bridgehead atoms. The quantitative estimate of drug-likeness (QED) is 0.605. The Kier molecular flexibility index (Phi) is 2.22. The number of hydrogen-bond acceptors (Lipinski definition) is 4. The second kappa shape index (κ2) is 3.40. The molecule has 2 N–H and O–H groups in total. The lowest BCUT2D eigenvalue weighted by Gasteiger charge is -2.00. The summed E-state index contributed by atoms with van der Waals surface area (Å²) in [5.41, 5.74) is 0.922. The summed E-state index contributed by atoms with van der Waals surface area (Å²) in [6, 6.07) is 3.35. The molecule has 0 spiro atoms. The lowest BCUT2D eigenvalue weighted by atomic mass is 9.86. The Balaban J connectivity index is 2.61. The van der Waals surface area contributed by atoms with E-state index in [1.807, 2.05) is 6.92 Å². The van der Waals surface area contributed by atoms with Crippen molar-refractivity contribution in [1.29, 1.82) is 0 Å². The van der Waals surface area contributed by atoms with Crippen LogP contribution in [-0.4, -0.2) is 31.9 Å². The summed E-state index contributed by atoms with van der Waals surface area (Å²) in [5.74, 6) is 0. The molecule has 0 saturated carbocycles. The third kappa shape index (κ3) is 1.38. The molecule has 0 aromatic carbocycles. The normalized spacial score (nSPS) is 10.8. The predicted molar refractivity (Wildman–Crippen MR) is 53.0 cm³/mol. The molecule has 6 heteroatoms. The monoisotopic (exact) mass is 191 g/mol. The van der Waals surface area contributed by atoms with Crippen molar-refractivity contribution in [2.24, 2.45) is 0 Å². The first-order chi connectivity index (χ1) is 6.72. The lowest BCUT2D eigenvalue weighted by Crippen LogP contribution is -2.32. The zero-order valence-corrected chi connectivity index (χ0v) is 7.75. The maximum atomic E-state index is 8.95. The second-order valence-corrected chi connectivity index (χ2v) is 2.98. The molecule has 0 aliphatic carbocycles. The van der Waals surface area contributed by atoms with Crippen molar-refractivity contribution in [1.82, 2.24) is 14.8 Å². The number of hydrogen-bond donors (Lipinski definition) is 2. The molecule has 0 amide bonds. The Hall–Kier alpha value is -1.40. The van der Waals surface area contributed by atoms with Gasteiger partial charge in [-0.2, -0.15) is 5.10 Å². The van der Waals surface area contributed by atoms with Crippen LogP contribution in [0, 0.1) is 0 Å². The average molecular weight is 191 g/mol. The Morgan fingerprint density at radius 3 is 2.86 bits per heavy atom. The van der Waals surface area contributed by atoms with Gasteiger partial charge in [0, 0.05) is 11.9 Å². The van der Waals surface area contributed by atoms with Gasteiger partial charge in [-0.25, -0.2) is 9.67 Å². The molecular formula is C8H10BN3O2. The molecule has 0 saturated heterocycles. The standard InChI is InChI=1S/C8H10BN3O2/c1-2-12-8-6(5-10-12)3-4-7(11-8)9(13)14/h3-5,13-14H,2H2,1H3. The molecule has 2 aromatic rings. The van der Waals surface area contributed by atoms with Gasteiger partial charge in [-0.3, -0.25) is 0 Å². The Morgan fingerprint density at radius 2 is 2.21 bits per heavy atom. The highest BCUT2D eigenvalue weighted by Crippen LogP contribution is 2.08. The molecule has 0 aliphatic rings. The van der Waals surface area contributed by atoms with Gasteiger partial charge in [0.1, 0.15) is 0 Å². The summed E-state index contributed by atoms with van der Waals surface area (Å²) in [6.45, 7) is 2.66. The molecule has 2 heterocycles. The van der Waals surface area contributed by atoms with Gasteiger partial charge in [0.05, 0.1) is 11.8 Å². The molecule has 72 valence electrons. The summed E-state index contributed by atoms with van der Waals surface area (Å²) in [7, 11) is -1.53. The first-order valence-corrected chi connectivity index (χ1v) is 4.41. The molecule has 2 aromatic heterocycles. The maximum Gasteiger partial charge on any atom is 0.508 e.